The molecule has 74 valence electrons. The Balaban J connectivity index is 4.01. The number of hydrogen-bond donors (Lipinski definition) is 0. The van der Waals surface area contributed by atoms with E-state index in [9.17, 15) is 23.2 Å². The highest BCUT2D eigenvalue weighted by atomic mass is 19.3. The summed E-state index contributed by atoms with van der Waals surface area (Å²) >= 11 is 0. The van der Waals surface area contributed by atoms with Gasteiger partial charge >= 0.3 is 5.97 Å². The van der Waals surface area contributed by atoms with Gasteiger partial charge in [-0.1, -0.05) is 0 Å². The molecule has 0 aromatic rings. The van der Waals surface area contributed by atoms with E-state index in [1.54, 1.807) is 0 Å². The fourth-order valence-corrected chi connectivity index (χ4v) is 0.519. The molecule has 0 saturated carbocycles. The van der Waals surface area contributed by atoms with Crippen LogP contribution in [0.2, 0.25) is 0 Å². The summed E-state index contributed by atoms with van der Waals surface area (Å²) in [6.07, 6.45) is -4.32. The Morgan fingerprint density at radius 1 is 1.31 bits per heavy atom. The lowest BCUT2D eigenvalue weighted by Crippen LogP contribution is -2.23. The maximum absolute atomic E-state index is 11.6. The van der Waals surface area contributed by atoms with Crippen molar-refractivity contribution in [1.82, 2.24) is 0 Å². The minimum Gasteiger partial charge on any atom is -0.460 e. The smallest absolute Gasteiger partial charge is 0.375 e. The number of alkyl halides is 2. The van der Waals surface area contributed by atoms with E-state index in [-0.39, 0.29) is 6.61 Å². The summed E-state index contributed by atoms with van der Waals surface area (Å²) < 4.78 is 27.4. The van der Waals surface area contributed by atoms with Gasteiger partial charge in [0.25, 0.3) is 6.43 Å². The Hall–Kier alpha value is -1.33. The number of carbonyl (C=O) groups is 3. The van der Waals surface area contributed by atoms with Gasteiger partial charge in [-0.3, -0.25) is 9.59 Å². The summed E-state index contributed by atoms with van der Waals surface area (Å²) in [5.74, 6) is -4.07. The van der Waals surface area contributed by atoms with Crippen LogP contribution in [0.25, 0.3) is 0 Å². The maximum atomic E-state index is 11.6. The third-order valence-electron chi connectivity index (χ3n) is 1.08. The Bertz CT molecular complexity index is 225. The lowest BCUT2D eigenvalue weighted by atomic mass is 10.2. The first-order valence-corrected chi connectivity index (χ1v) is 3.49. The van der Waals surface area contributed by atoms with Crippen molar-refractivity contribution >= 4 is 17.5 Å². The van der Waals surface area contributed by atoms with E-state index in [4.69, 9.17) is 0 Å². The highest BCUT2D eigenvalue weighted by Crippen LogP contribution is 1.99. The fraction of sp³-hybridized carbons (Fsp3) is 0.571. The topological polar surface area (TPSA) is 60.4 Å². The first kappa shape index (κ1) is 11.7. The predicted octanol–water partition coefficient (Wildman–Crippen LogP) is 0.343. The van der Waals surface area contributed by atoms with Crippen LogP contribution in [-0.4, -0.2) is 30.6 Å². The van der Waals surface area contributed by atoms with E-state index in [1.165, 1.54) is 6.92 Å². The van der Waals surface area contributed by atoms with Crippen LogP contribution in [0.4, 0.5) is 8.78 Å². The first-order valence-electron chi connectivity index (χ1n) is 3.49. The molecule has 0 rings (SSSR count). The van der Waals surface area contributed by atoms with Crippen LogP contribution in [0.5, 0.6) is 0 Å². The minimum atomic E-state index is -3.22. The number of hydrogen-bond acceptors (Lipinski definition) is 4. The fourth-order valence-electron chi connectivity index (χ4n) is 0.519. The van der Waals surface area contributed by atoms with Crippen LogP contribution in [-0.2, 0) is 19.1 Å². The number of ether oxygens (including phenoxy) is 1. The zero-order valence-corrected chi connectivity index (χ0v) is 6.88. The van der Waals surface area contributed by atoms with Crippen LogP contribution in [0, 0.1) is 0 Å². The van der Waals surface area contributed by atoms with Gasteiger partial charge in [-0.15, -0.1) is 0 Å². The molecule has 0 unspecified atom stereocenters. The number of halogens is 2. The molecule has 0 fully saturated rings. The van der Waals surface area contributed by atoms with E-state index in [0.29, 0.717) is 0 Å². The van der Waals surface area contributed by atoms with Crippen molar-refractivity contribution in [3.8, 4) is 0 Å². The van der Waals surface area contributed by atoms with Gasteiger partial charge in [-0.05, 0) is 6.92 Å². The molecule has 13 heavy (non-hydrogen) atoms. The number of Topliss-reactive ketones (excluding diaryl/α,β-unsaturated/α-hetero) is 2. The minimum absolute atomic E-state index is 0.0343. The van der Waals surface area contributed by atoms with Gasteiger partial charge in [-0.25, -0.2) is 13.6 Å². The molecule has 0 aliphatic heterocycles. The zero-order valence-electron chi connectivity index (χ0n) is 6.88. The van der Waals surface area contributed by atoms with Crippen LogP contribution in [0.1, 0.15) is 13.3 Å². The lowest BCUT2D eigenvalue weighted by Gasteiger charge is -1.99. The average molecular weight is 194 g/mol. The number of esters is 1. The molecule has 6 heteroatoms. The second-order valence-corrected chi connectivity index (χ2v) is 2.09. The van der Waals surface area contributed by atoms with Crippen LogP contribution >= 0.6 is 0 Å². The first-order chi connectivity index (χ1) is 5.99. The Labute approximate surface area is 72.9 Å². The second kappa shape index (κ2) is 5.34. The summed E-state index contributed by atoms with van der Waals surface area (Å²) in [5, 5.41) is 0. The molecule has 0 spiro atoms. The molecule has 0 heterocycles. The molecule has 0 amide bonds. The number of rotatable bonds is 5. The van der Waals surface area contributed by atoms with Gasteiger partial charge in [0.05, 0.1) is 13.0 Å². The van der Waals surface area contributed by atoms with E-state index in [2.05, 4.69) is 4.74 Å². The molecule has 0 saturated heterocycles. The molecule has 0 aliphatic rings. The molecule has 0 bridgehead atoms. The van der Waals surface area contributed by atoms with Crippen molar-refractivity contribution in [2.24, 2.45) is 0 Å². The molecule has 0 aromatic carbocycles. The third kappa shape index (κ3) is 4.29. The summed E-state index contributed by atoms with van der Waals surface area (Å²) in [4.78, 5) is 31.4. The molecular weight excluding hydrogens is 186 g/mol. The Morgan fingerprint density at radius 3 is 2.23 bits per heavy atom. The Kier molecular flexibility index (Phi) is 4.79. The van der Waals surface area contributed by atoms with E-state index in [0.717, 1.165) is 0 Å². The summed E-state index contributed by atoms with van der Waals surface area (Å²) in [6, 6.07) is 0. The van der Waals surface area contributed by atoms with Crippen molar-refractivity contribution in [3.05, 3.63) is 0 Å². The number of ketones is 2. The summed E-state index contributed by atoms with van der Waals surface area (Å²) in [7, 11) is 0. The van der Waals surface area contributed by atoms with Gasteiger partial charge in [-0.2, -0.15) is 0 Å². The highest BCUT2D eigenvalue weighted by molar-refractivity contribution is 6.37. The molecule has 0 radical (unpaired) electrons. The third-order valence-corrected chi connectivity index (χ3v) is 1.08. The standard InChI is InChI=1S/C7H8F2O4/c1-2-13-7(12)5(11)3-4(10)6(8)9/h6H,2-3H2,1H3. The van der Waals surface area contributed by atoms with Gasteiger partial charge in [0.15, 0.2) is 0 Å². The number of carbonyl (C=O) groups excluding carboxylic acids is 3. The molecule has 4 nitrogen and oxygen atoms in total. The van der Waals surface area contributed by atoms with Gasteiger partial charge in [0.2, 0.25) is 11.6 Å². The monoisotopic (exact) mass is 194 g/mol. The maximum Gasteiger partial charge on any atom is 0.375 e. The SMILES string of the molecule is CCOC(=O)C(=O)CC(=O)C(F)F. The van der Waals surface area contributed by atoms with E-state index >= 15 is 0 Å². The van der Waals surface area contributed by atoms with Crippen LogP contribution in [0.15, 0.2) is 0 Å². The Morgan fingerprint density at radius 2 is 1.85 bits per heavy atom. The second-order valence-electron chi connectivity index (χ2n) is 2.09. The van der Waals surface area contributed by atoms with Crippen molar-refractivity contribution in [1.29, 1.82) is 0 Å². The van der Waals surface area contributed by atoms with Gasteiger partial charge in [0.1, 0.15) is 0 Å². The van der Waals surface area contributed by atoms with Crippen molar-refractivity contribution in [2.75, 3.05) is 6.61 Å². The normalized spacial score (nSPS) is 9.85. The lowest BCUT2D eigenvalue weighted by molar-refractivity contribution is -0.155. The zero-order chi connectivity index (χ0) is 10.4. The molecular formula is C7H8F2O4. The van der Waals surface area contributed by atoms with E-state index in [1.807, 2.05) is 0 Å². The molecule has 0 aromatic heterocycles. The predicted molar refractivity (Wildman–Crippen MR) is 37.3 cm³/mol. The average Bonchev–Trinajstić information content (AvgIpc) is 2.04. The van der Waals surface area contributed by atoms with Gasteiger partial charge < -0.3 is 4.74 Å². The van der Waals surface area contributed by atoms with Gasteiger partial charge in [0, 0.05) is 0 Å². The van der Waals surface area contributed by atoms with Crippen LogP contribution < -0.4 is 0 Å². The molecule has 0 atom stereocenters. The molecule has 0 N–H and O–H groups in total. The highest BCUT2D eigenvalue weighted by Gasteiger charge is 2.24. The summed E-state index contributed by atoms with van der Waals surface area (Å²) in [6.45, 7) is 1.42. The van der Waals surface area contributed by atoms with Crippen molar-refractivity contribution in [3.63, 3.8) is 0 Å². The van der Waals surface area contributed by atoms with E-state index < -0.39 is 30.4 Å². The van der Waals surface area contributed by atoms with Crippen molar-refractivity contribution in [2.45, 2.75) is 19.8 Å². The van der Waals surface area contributed by atoms with Crippen molar-refractivity contribution < 1.29 is 27.9 Å². The quantitative estimate of drug-likeness (QED) is 0.359. The summed E-state index contributed by atoms with van der Waals surface area (Å²) in [5.41, 5.74) is 0. The molecule has 0 aliphatic carbocycles. The van der Waals surface area contributed by atoms with Crippen LogP contribution in [0.3, 0.4) is 0 Å². The largest absolute Gasteiger partial charge is 0.460 e.